The molecule has 0 aliphatic carbocycles. The Balaban J connectivity index is 2.30. The second-order valence-corrected chi connectivity index (χ2v) is 3.68. The lowest BCUT2D eigenvalue weighted by molar-refractivity contribution is -0.141. The lowest BCUT2D eigenvalue weighted by Crippen LogP contribution is -2.45. The van der Waals surface area contributed by atoms with Gasteiger partial charge in [0.05, 0.1) is 6.54 Å². The van der Waals surface area contributed by atoms with Gasteiger partial charge in [-0.25, -0.2) is 10.5 Å². The Morgan fingerprint density at radius 3 is 2.94 bits per heavy atom. The molecule has 0 spiro atoms. The minimum Gasteiger partial charge on any atom is -0.480 e. The quantitative estimate of drug-likeness (QED) is 0.249. The average molecular weight is 242 g/mol. The van der Waals surface area contributed by atoms with Crippen molar-refractivity contribution >= 4 is 18.1 Å². The Morgan fingerprint density at radius 1 is 1.65 bits per heavy atom. The minimum absolute atomic E-state index is 0.0222. The monoisotopic (exact) mass is 242 g/mol. The molecule has 8 nitrogen and oxygen atoms in total. The van der Waals surface area contributed by atoms with E-state index in [1.807, 2.05) is 0 Å². The highest BCUT2D eigenvalue weighted by Crippen LogP contribution is 2.03. The summed E-state index contributed by atoms with van der Waals surface area (Å²) in [7, 11) is 0. The third-order valence-corrected chi connectivity index (χ3v) is 2.24. The van der Waals surface area contributed by atoms with Gasteiger partial charge in [0.25, 0.3) is 0 Å². The van der Waals surface area contributed by atoms with Crippen LogP contribution in [0.4, 0.5) is 0 Å². The van der Waals surface area contributed by atoms with Crippen LogP contribution in [0.3, 0.4) is 0 Å². The van der Waals surface area contributed by atoms with Crippen LogP contribution >= 0.6 is 0 Å². The van der Waals surface area contributed by atoms with Crippen molar-refractivity contribution in [2.45, 2.75) is 25.3 Å². The molecule has 0 radical (unpaired) electrons. The number of hydrazine groups is 1. The molecule has 1 aliphatic heterocycles. The normalized spacial score (nSPS) is 15.9. The zero-order valence-electron chi connectivity index (χ0n) is 9.54. The largest absolute Gasteiger partial charge is 0.480 e. The summed E-state index contributed by atoms with van der Waals surface area (Å²) in [6, 6.07) is -0.667. The number of guanidine groups is 1. The smallest absolute Gasteiger partial charge is 0.322 e. The van der Waals surface area contributed by atoms with E-state index in [4.69, 9.17) is 16.6 Å². The molecule has 1 aliphatic rings. The summed E-state index contributed by atoms with van der Waals surface area (Å²) < 4.78 is 0. The molecule has 0 aromatic heterocycles. The van der Waals surface area contributed by atoms with Crippen LogP contribution in [0, 0.1) is 0 Å². The standard InChI is InChI=1S/C9H18N6O2/c10-9(11)12-4-1-3-7(8(16)17)14-15-6-2-5-13-15/h5,7,14H,1-4,6H2,(H,16,17)(H4,10,11,12)/t7-/m0/s1. The number of hydrogen-bond donors (Lipinski definition) is 4. The lowest BCUT2D eigenvalue weighted by Gasteiger charge is -2.20. The van der Waals surface area contributed by atoms with Crippen molar-refractivity contribution in [3.05, 3.63) is 0 Å². The molecule has 6 N–H and O–H groups in total. The van der Waals surface area contributed by atoms with Crippen LogP contribution in [0.2, 0.25) is 0 Å². The fourth-order valence-corrected chi connectivity index (χ4v) is 1.42. The highest BCUT2D eigenvalue weighted by molar-refractivity contribution is 5.75. The number of hydrazone groups is 1. The Labute approximate surface area is 99.3 Å². The molecule has 0 saturated carbocycles. The van der Waals surface area contributed by atoms with Crippen molar-refractivity contribution in [3.8, 4) is 0 Å². The van der Waals surface area contributed by atoms with Gasteiger partial charge in [0.2, 0.25) is 0 Å². The highest BCUT2D eigenvalue weighted by atomic mass is 16.4. The van der Waals surface area contributed by atoms with E-state index in [1.54, 1.807) is 11.3 Å². The summed E-state index contributed by atoms with van der Waals surface area (Å²) in [4.78, 5) is 14.8. The summed E-state index contributed by atoms with van der Waals surface area (Å²) in [6.07, 6.45) is 3.61. The van der Waals surface area contributed by atoms with E-state index >= 15 is 0 Å². The van der Waals surface area contributed by atoms with Gasteiger partial charge >= 0.3 is 5.97 Å². The Bertz CT molecular complexity index is 313. The molecule has 8 heteroatoms. The topological polar surface area (TPSA) is 129 Å². The summed E-state index contributed by atoms with van der Waals surface area (Å²) in [5, 5.41) is 14.5. The van der Waals surface area contributed by atoms with Crippen LogP contribution in [0.5, 0.6) is 0 Å². The van der Waals surface area contributed by atoms with Crippen molar-refractivity contribution in [3.63, 3.8) is 0 Å². The van der Waals surface area contributed by atoms with Gasteiger partial charge in [0.1, 0.15) is 6.04 Å². The third-order valence-electron chi connectivity index (χ3n) is 2.24. The number of nitrogens with zero attached hydrogens (tertiary/aromatic N) is 3. The van der Waals surface area contributed by atoms with Gasteiger partial charge in [-0.1, -0.05) is 0 Å². The highest BCUT2D eigenvalue weighted by Gasteiger charge is 2.20. The molecule has 1 heterocycles. The van der Waals surface area contributed by atoms with Crippen molar-refractivity contribution in [1.82, 2.24) is 10.5 Å². The van der Waals surface area contributed by atoms with Gasteiger partial charge in [0, 0.05) is 19.2 Å². The van der Waals surface area contributed by atoms with Gasteiger partial charge < -0.3 is 16.6 Å². The maximum Gasteiger partial charge on any atom is 0.322 e. The molecule has 0 fully saturated rings. The number of aliphatic imine (C=N–C) groups is 1. The first-order valence-electron chi connectivity index (χ1n) is 5.44. The zero-order chi connectivity index (χ0) is 12.7. The first-order valence-corrected chi connectivity index (χ1v) is 5.44. The molecule has 1 atom stereocenters. The van der Waals surface area contributed by atoms with E-state index in [0.717, 1.165) is 6.42 Å². The third kappa shape index (κ3) is 5.16. The van der Waals surface area contributed by atoms with Crippen LogP contribution in [0.1, 0.15) is 19.3 Å². The Morgan fingerprint density at radius 2 is 2.41 bits per heavy atom. The first-order chi connectivity index (χ1) is 8.09. The minimum atomic E-state index is -0.906. The molecular weight excluding hydrogens is 224 g/mol. The van der Waals surface area contributed by atoms with Crippen LogP contribution in [0.15, 0.2) is 10.1 Å². The predicted octanol–water partition coefficient (Wildman–Crippen LogP) is -1.31. The predicted molar refractivity (Wildman–Crippen MR) is 64.3 cm³/mol. The summed E-state index contributed by atoms with van der Waals surface area (Å²) in [5.74, 6) is -0.884. The van der Waals surface area contributed by atoms with E-state index in [2.05, 4.69) is 15.5 Å². The number of hydrogen-bond acceptors (Lipinski definition) is 5. The SMILES string of the molecule is NC(N)=NCCC[C@H](NN1CCC=N1)C(=O)O. The van der Waals surface area contributed by atoms with Gasteiger partial charge in [-0.05, 0) is 12.8 Å². The van der Waals surface area contributed by atoms with Crippen molar-refractivity contribution in [2.75, 3.05) is 13.1 Å². The maximum absolute atomic E-state index is 11.0. The number of nitrogens with one attached hydrogen (secondary N) is 1. The van der Waals surface area contributed by atoms with E-state index in [-0.39, 0.29) is 5.96 Å². The summed E-state index contributed by atoms with van der Waals surface area (Å²) in [6.45, 7) is 1.12. The van der Waals surface area contributed by atoms with Gasteiger partial charge in [-0.3, -0.25) is 9.79 Å². The number of carboxylic acids is 1. The fourth-order valence-electron chi connectivity index (χ4n) is 1.42. The van der Waals surface area contributed by atoms with E-state index < -0.39 is 12.0 Å². The molecule has 0 aromatic rings. The van der Waals surface area contributed by atoms with E-state index in [0.29, 0.717) is 25.9 Å². The Kier molecular flexibility index (Phi) is 5.21. The number of rotatable bonds is 7. The van der Waals surface area contributed by atoms with Crippen LogP contribution in [0.25, 0.3) is 0 Å². The first kappa shape index (κ1) is 13.2. The van der Waals surface area contributed by atoms with Crippen LogP contribution in [-0.4, -0.2) is 47.5 Å². The van der Waals surface area contributed by atoms with Crippen molar-refractivity contribution in [1.29, 1.82) is 0 Å². The van der Waals surface area contributed by atoms with E-state index in [1.165, 1.54) is 0 Å². The van der Waals surface area contributed by atoms with Gasteiger partial charge in [-0.15, -0.1) is 0 Å². The van der Waals surface area contributed by atoms with Gasteiger partial charge in [0.15, 0.2) is 5.96 Å². The van der Waals surface area contributed by atoms with Crippen molar-refractivity contribution in [2.24, 2.45) is 21.6 Å². The lowest BCUT2D eigenvalue weighted by atomic mass is 10.1. The molecule has 0 saturated heterocycles. The van der Waals surface area contributed by atoms with Gasteiger partial charge in [-0.2, -0.15) is 5.10 Å². The Hall–Kier alpha value is -1.83. The molecule has 0 bridgehead atoms. The van der Waals surface area contributed by atoms with Crippen molar-refractivity contribution < 1.29 is 9.90 Å². The number of carboxylic acid groups (broad SMARTS) is 1. The fraction of sp³-hybridized carbons (Fsp3) is 0.667. The number of carbonyl (C=O) groups is 1. The zero-order valence-corrected chi connectivity index (χ0v) is 9.54. The summed E-state index contributed by atoms with van der Waals surface area (Å²) >= 11 is 0. The average Bonchev–Trinajstić information content (AvgIpc) is 2.74. The van der Waals surface area contributed by atoms with Crippen LogP contribution < -0.4 is 16.9 Å². The second kappa shape index (κ2) is 6.69. The molecule has 0 aromatic carbocycles. The number of aliphatic carboxylic acids is 1. The molecular formula is C9H18N6O2. The molecule has 1 rings (SSSR count). The molecule has 17 heavy (non-hydrogen) atoms. The molecule has 96 valence electrons. The molecule has 0 amide bonds. The number of nitrogens with two attached hydrogens (primary N) is 2. The molecule has 0 unspecified atom stereocenters. The second-order valence-electron chi connectivity index (χ2n) is 3.68. The summed E-state index contributed by atoms with van der Waals surface area (Å²) in [5.41, 5.74) is 13.2. The maximum atomic E-state index is 11.0. The van der Waals surface area contributed by atoms with Crippen LogP contribution in [-0.2, 0) is 4.79 Å². The van der Waals surface area contributed by atoms with E-state index in [9.17, 15) is 4.79 Å².